The van der Waals surface area contributed by atoms with Gasteiger partial charge in [-0.25, -0.2) is 0 Å². The third kappa shape index (κ3) is 3.86. The molecule has 0 bridgehead atoms. The molecule has 0 aromatic carbocycles. The van der Waals surface area contributed by atoms with E-state index in [2.05, 4.69) is 35.8 Å². The second-order valence-electron chi connectivity index (χ2n) is 4.67. The first-order chi connectivity index (χ1) is 7.38. The van der Waals surface area contributed by atoms with Gasteiger partial charge in [-0.3, -0.25) is 0 Å². The van der Waals surface area contributed by atoms with Crippen LogP contribution in [0.5, 0.6) is 0 Å². The van der Waals surface area contributed by atoms with E-state index in [-0.39, 0.29) is 0 Å². The van der Waals surface area contributed by atoms with Gasteiger partial charge in [0.2, 0.25) is 0 Å². The summed E-state index contributed by atoms with van der Waals surface area (Å²) in [6.07, 6.45) is 7.12. The summed E-state index contributed by atoms with van der Waals surface area (Å²) < 4.78 is 0. The molecule has 2 fully saturated rings. The lowest BCUT2D eigenvalue weighted by atomic mass is 9.94. The molecule has 2 aliphatic rings. The van der Waals surface area contributed by atoms with Crippen molar-refractivity contribution in [2.24, 2.45) is 0 Å². The van der Waals surface area contributed by atoms with E-state index < -0.39 is 0 Å². The molecule has 2 rings (SSSR count). The minimum atomic E-state index is 0.824. The van der Waals surface area contributed by atoms with Gasteiger partial charge in [0.1, 0.15) is 0 Å². The van der Waals surface area contributed by atoms with Gasteiger partial charge in [-0.2, -0.15) is 23.5 Å². The van der Waals surface area contributed by atoms with Gasteiger partial charge in [-0.05, 0) is 37.2 Å². The average Bonchev–Trinajstić information content (AvgIpc) is 2.71. The standard InChI is InChI=1S/C12H23NS2/c1-2-15-12-5-3-4-10(8-12)13-11-6-7-14-9-11/h10-13H,2-9H2,1H3. The quantitative estimate of drug-likeness (QED) is 0.817. The van der Waals surface area contributed by atoms with Crippen LogP contribution in [-0.4, -0.2) is 34.6 Å². The van der Waals surface area contributed by atoms with Crippen molar-refractivity contribution in [1.29, 1.82) is 0 Å². The van der Waals surface area contributed by atoms with E-state index in [1.807, 2.05) is 0 Å². The van der Waals surface area contributed by atoms with Gasteiger partial charge in [0.15, 0.2) is 0 Å². The van der Waals surface area contributed by atoms with Crippen LogP contribution in [0.15, 0.2) is 0 Å². The predicted octanol–water partition coefficient (Wildman–Crippen LogP) is 3.15. The Labute approximate surface area is 103 Å². The molecule has 1 N–H and O–H groups in total. The Balaban J connectivity index is 1.71. The molecule has 0 spiro atoms. The maximum Gasteiger partial charge on any atom is 0.0168 e. The lowest BCUT2D eigenvalue weighted by Crippen LogP contribution is -2.41. The number of rotatable bonds is 4. The molecule has 1 saturated heterocycles. The molecule has 3 atom stereocenters. The van der Waals surface area contributed by atoms with Crippen molar-refractivity contribution in [3.8, 4) is 0 Å². The molecular formula is C12H23NS2. The number of nitrogens with one attached hydrogen (secondary N) is 1. The van der Waals surface area contributed by atoms with Crippen molar-refractivity contribution in [2.45, 2.75) is 56.4 Å². The van der Waals surface area contributed by atoms with Crippen LogP contribution in [0.4, 0.5) is 0 Å². The summed E-state index contributed by atoms with van der Waals surface area (Å²) in [5.41, 5.74) is 0. The van der Waals surface area contributed by atoms with E-state index in [9.17, 15) is 0 Å². The van der Waals surface area contributed by atoms with Gasteiger partial charge in [0.05, 0.1) is 0 Å². The monoisotopic (exact) mass is 245 g/mol. The van der Waals surface area contributed by atoms with Crippen molar-refractivity contribution in [1.82, 2.24) is 5.32 Å². The highest BCUT2D eigenvalue weighted by Gasteiger charge is 2.25. The molecule has 0 amide bonds. The molecule has 1 saturated carbocycles. The summed E-state index contributed by atoms with van der Waals surface area (Å²) in [6.45, 7) is 2.29. The van der Waals surface area contributed by atoms with E-state index in [0.717, 1.165) is 17.3 Å². The summed E-state index contributed by atoms with van der Waals surface area (Å²) in [5, 5.41) is 4.81. The minimum absolute atomic E-state index is 0.824. The third-order valence-corrected chi connectivity index (χ3v) is 5.82. The zero-order chi connectivity index (χ0) is 10.5. The molecule has 3 heteroatoms. The first kappa shape index (κ1) is 12.1. The Bertz CT molecular complexity index is 178. The topological polar surface area (TPSA) is 12.0 Å². The van der Waals surface area contributed by atoms with Crippen molar-refractivity contribution in [3.05, 3.63) is 0 Å². The number of hydrogen-bond acceptors (Lipinski definition) is 3. The Morgan fingerprint density at radius 3 is 2.93 bits per heavy atom. The fourth-order valence-electron chi connectivity index (χ4n) is 2.68. The first-order valence-electron chi connectivity index (χ1n) is 6.34. The van der Waals surface area contributed by atoms with Crippen molar-refractivity contribution < 1.29 is 0 Å². The van der Waals surface area contributed by atoms with E-state index in [4.69, 9.17) is 0 Å². The largest absolute Gasteiger partial charge is 0.310 e. The van der Waals surface area contributed by atoms with Gasteiger partial charge >= 0.3 is 0 Å². The van der Waals surface area contributed by atoms with Crippen molar-refractivity contribution >= 4 is 23.5 Å². The van der Waals surface area contributed by atoms with Crippen LogP contribution in [0.25, 0.3) is 0 Å². The molecule has 0 aromatic rings. The number of hydrogen-bond donors (Lipinski definition) is 1. The summed E-state index contributed by atoms with van der Waals surface area (Å²) in [7, 11) is 0. The second-order valence-corrected chi connectivity index (χ2v) is 7.40. The smallest absolute Gasteiger partial charge is 0.0168 e. The Morgan fingerprint density at radius 2 is 2.20 bits per heavy atom. The molecule has 1 aliphatic heterocycles. The SMILES string of the molecule is CCSC1CCCC(NC2CCSC2)C1. The molecular weight excluding hydrogens is 222 g/mol. The molecule has 15 heavy (non-hydrogen) atoms. The summed E-state index contributed by atoms with van der Waals surface area (Å²) in [4.78, 5) is 0. The van der Waals surface area contributed by atoms with Crippen LogP contribution >= 0.6 is 23.5 Å². The predicted molar refractivity (Wildman–Crippen MR) is 73.0 cm³/mol. The number of thioether (sulfide) groups is 2. The molecule has 1 nitrogen and oxygen atoms in total. The van der Waals surface area contributed by atoms with Gasteiger partial charge in [0.25, 0.3) is 0 Å². The van der Waals surface area contributed by atoms with Crippen molar-refractivity contribution in [3.63, 3.8) is 0 Å². The maximum atomic E-state index is 3.87. The van der Waals surface area contributed by atoms with Gasteiger partial charge in [0, 0.05) is 23.1 Å². The molecule has 88 valence electrons. The third-order valence-electron chi connectivity index (χ3n) is 3.43. The Kier molecular flexibility index (Phi) is 5.18. The Morgan fingerprint density at radius 1 is 1.27 bits per heavy atom. The lowest BCUT2D eigenvalue weighted by Gasteiger charge is -2.31. The highest BCUT2D eigenvalue weighted by atomic mass is 32.2. The summed E-state index contributed by atoms with van der Waals surface area (Å²) >= 11 is 4.28. The minimum Gasteiger partial charge on any atom is -0.310 e. The van der Waals surface area contributed by atoms with E-state index >= 15 is 0 Å². The van der Waals surface area contributed by atoms with Crippen LogP contribution < -0.4 is 5.32 Å². The average molecular weight is 245 g/mol. The van der Waals surface area contributed by atoms with Crippen molar-refractivity contribution in [2.75, 3.05) is 17.3 Å². The van der Waals surface area contributed by atoms with Gasteiger partial charge < -0.3 is 5.32 Å². The zero-order valence-corrected chi connectivity index (χ0v) is 11.3. The summed E-state index contributed by atoms with van der Waals surface area (Å²) in [6, 6.07) is 1.65. The molecule has 0 aromatic heterocycles. The fraction of sp³-hybridized carbons (Fsp3) is 1.00. The second kappa shape index (κ2) is 6.41. The molecule has 0 radical (unpaired) electrons. The summed E-state index contributed by atoms with van der Waals surface area (Å²) in [5.74, 6) is 4.01. The maximum absolute atomic E-state index is 3.87. The highest BCUT2D eigenvalue weighted by Crippen LogP contribution is 2.29. The lowest BCUT2D eigenvalue weighted by molar-refractivity contribution is 0.352. The van der Waals surface area contributed by atoms with Gasteiger partial charge in [-0.15, -0.1) is 0 Å². The van der Waals surface area contributed by atoms with Gasteiger partial charge in [-0.1, -0.05) is 13.3 Å². The van der Waals surface area contributed by atoms with Crippen LogP contribution in [-0.2, 0) is 0 Å². The van der Waals surface area contributed by atoms with Crippen LogP contribution in [0.3, 0.4) is 0 Å². The molecule has 3 unspecified atom stereocenters. The van der Waals surface area contributed by atoms with E-state index in [1.54, 1.807) is 0 Å². The van der Waals surface area contributed by atoms with E-state index in [0.29, 0.717) is 0 Å². The first-order valence-corrected chi connectivity index (χ1v) is 8.54. The van der Waals surface area contributed by atoms with Crippen LogP contribution in [0, 0.1) is 0 Å². The normalized spacial score (nSPS) is 37.0. The highest BCUT2D eigenvalue weighted by molar-refractivity contribution is 8.00. The molecule has 1 aliphatic carbocycles. The van der Waals surface area contributed by atoms with Crippen LogP contribution in [0.2, 0.25) is 0 Å². The van der Waals surface area contributed by atoms with Crippen LogP contribution in [0.1, 0.15) is 39.0 Å². The molecule has 1 heterocycles. The zero-order valence-electron chi connectivity index (χ0n) is 9.71. The fourth-order valence-corrected chi connectivity index (χ4v) is 5.02. The Hall–Kier alpha value is 0.660. The van der Waals surface area contributed by atoms with E-state index in [1.165, 1.54) is 49.4 Å².